The molecule has 1 saturated heterocycles. The van der Waals surface area contributed by atoms with Crippen LogP contribution in [-0.2, 0) is 4.57 Å². The summed E-state index contributed by atoms with van der Waals surface area (Å²) < 4.78 is 13.9. The fourth-order valence-electron chi connectivity index (χ4n) is 2.50. The first-order chi connectivity index (χ1) is 9.04. The molecular weight excluding hydrogens is 269 g/mol. The van der Waals surface area contributed by atoms with E-state index in [0.29, 0.717) is 11.2 Å². The zero-order chi connectivity index (χ0) is 13.6. The summed E-state index contributed by atoms with van der Waals surface area (Å²) in [7, 11) is -2.71. The number of imidazole rings is 1. The maximum absolute atomic E-state index is 12.2. The summed E-state index contributed by atoms with van der Waals surface area (Å²) in [5.41, 5.74) is 6.66. The van der Waals surface area contributed by atoms with Gasteiger partial charge in [-0.05, 0) is 0 Å². The maximum atomic E-state index is 12.2. The van der Waals surface area contributed by atoms with Gasteiger partial charge in [-0.3, -0.25) is 0 Å². The minimum absolute atomic E-state index is 0.119. The lowest BCUT2D eigenvalue weighted by molar-refractivity contribution is 0.154. The van der Waals surface area contributed by atoms with Gasteiger partial charge in [0.25, 0.3) is 0 Å². The maximum Gasteiger partial charge on any atom is 0.165 e. The fraction of sp³-hybridized carbons (Fsp3) is 0.500. The van der Waals surface area contributed by atoms with Crippen LogP contribution in [0.1, 0.15) is 6.04 Å². The van der Waals surface area contributed by atoms with Crippen LogP contribution < -0.4 is 5.73 Å². The molecule has 2 aromatic rings. The van der Waals surface area contributed by atoms with Crippen LogP contribution in [0.4, 0.5) is 5.82 Å². The van der Waals surface area contributed by atoms with Crippen LogP contribution in [0.5, 0.6) is 0 Å². The smallest absolute Gasteiger partial charge is 0.165 e. The van der Waals surface area contributed by atoms with Crippen LogP contribution in [-0.4, -0.2) is 54.5 Å². The molecule has 1 fully saturated rings. The second-order valence-corrected chi connectivity index (χ2v) is 7.91. The average Bonchev–Trinajstić information content (AvgIpc) is 2.92. The van der Waals surface area contributed by atoms with Crippen molar-refractivity contribution in [3.05, 3.63) is 12.7 Å². The number of aliphatic hydroxyl groups excluding tert-OH is 2. The fourth-order valence-corrected chi connectivity index (χ4v) is 4.91. The van der Waals surface area contributed by atoms with E-state index in [4.69, 9.17) is 5.73 Å². The van der Waals surface area contributed by atoms with Gasteiger partial charge in [0.05, 0.1) is 24.8 Å². The van der Waals surface area contributed by atoms with Crippen molar-refractivity contribution >= 4 is 24.1 Å². The molecule has 0 amide bonds. The molecule has 0 radical (unpaired) electrons. The highest BCUT2D eigenvalue weighted by Crippen LogP contribution is 2.54. The second-order valence-electron chi connectivity index (χ2n) is 4.78. The minimum Gasteiger partial charge on any atom is -0.390 e. The van der Waals surface area contributed by atoms with E-state index in [9.17, 15) is 14.8 Å². The molecule has 0 aliphatic carbocycles. The normalized spacial score (nSPS) is 31.1. The van der Waals surface area contributed by atoms with E-state index in [1.54, 1.807) is 4.57 Å². The highest BCUT2D eigenvalue weighted by molar-refractivity contribution is 7.64. The largest absolute Gasteiger partial charge is 0.390 e. The van der Waals surface area contributed by atoms with Crippen LogP contribution in [0.3, 0.4) is 0 Å². The van der Waals surface area contributed by atoms with E-state index in [1.165, 1.54) is 12.7 Å². The lowest BCUT2D eigenvalue weighted by Crippen LogP contribution is -2.21. The van der Waals surface area contributed by atoms with Gasteiger partial charge in [-0.2, -0.15) is 0 Å². The van der Waals surface area contributed by atoms with Crippen LogP contribution in [0.25, 0.3) is 11.2 Å². The van der Waals surface area contributed by atoms with E-state index >= 15 is 0 Å². The first-order valence-corrected chi connectivity index (χ1v) is 8.09. The first-order valence-electron chi connectivity index (χ1n) is 5.83. The van der Waals surface area contributed by atoms with Gasteiger partial charge < -0.3 is 25.1 Å². The predicted molar refractivity (Wildman–Crippen MR) is 69.2 cm³/mol. The molecule has 19 heavy (non-hydrogen) atoms. The molecule has 9 heteroatoms. The number of hydrogen-bond acceptors (Lipinski definition) is 7. The lowest BCUT2D eigenvalue weighted by Gasteiger charge is -2.15. The van der Waals surface area contributed by atoms with Gasteiger partial charge in [-0.15, -0.1) is 0 Å². The molecular formula is C10H14N5O3P. The molecule has 0 spiro atoms. The summed E-state index contributed by atoms with van der Waals surface area (Å²) in [5.74, 6) is 0.265. The molecule has 0 bridgehead atoms. The molecule has 3 heterocycles. The Hall–Kier alpha value is -1.50. The Kier molecular flexibility index (Phi) is 2.81. The van der Waals surface area contributed by atoms with E-state index in [1.807, 2.05) is 0 Å². The summed E-state index contributed by atoms with van der Waals surface area (Å²) in [6.45, 7) is 0. The standard InChI is InChI=1S/C10H14N5O3P/c11-9-8-10(13-3-12-9)15(4-14-8)6-1-19(18,5-16)2-7(6)17/h3-4,6-7,16-17H,1-2,5H2,(H2,11,12,13)/t6-,7-,19-/m1/s1. The Morgan fingerprint density at radius 1 is 1.42 bits per heavy atom. The molecule has 0 aromatic carbocycles. The zero-order valence-electron chi connectivity index (χ0n) is 10.0. The average molecular weight is 283 g/mol. The van der Waals surface area contributed by atoms with Gasteiger partial charge >= 0.3 is 0 Å². The van der Waals surface area contributed by atoms with Crippen LogP contribution in [0, 0.1) is 0 Å². The van der Waals surface area contributed by atoms with Gasteiger partial charge in [-0.1, -0.05) is 0 Å². The Bertz CT molecular complexity index is 672. The van der Waals surface area contributed by atoms with E-state index in [-0.39, 0.29) is 24.5 Å². The Morgan fingerprint density at radius 2 is 2.21 bits per heavy atom. The van der Waals surface area contributed by atoms with Crippen molar-refractivity contribution in [3.63, 3.8) is 0 Å². The van der Waals surface area contributed by atoms with Gasteiger partial charge in [0.1, 0.15) is 19.0 Å². The number of nitrogens with zero attached hydrogens (tertiary/aromatic N) is 4. The minimum atomic E-state index is -2.71. The number of nitrogen functional groups attached to an aromatic ring is 1. The first kappa shape index (κ1) is 12.5. The number of aliphatic hydroxyl groups is 2. The van der Waals surface area contributed by atoms with Crippen molar-refractivity contribution in [2.75, 3.05) is 24.4 Å². The van der Waals surface area contributed by atoms with Crippen LogP contribution in [0.2, 0.25) is 0 Å². The predicted octanol–water partition coefficient (Wildman–Crippen LogP) is -0.363. The van der Waals surface area contributed by atoms with Crippen LogP contribution >= 0.6 is 7.14 Å². The van der Waals surface area contributed by atoms with Crippen molar-refractivity contribution < 1.29 is 14.8 Å². The van der Waals surface area contributed by atoms with E-state index in [2.05, 4.69) is 15.0 Å². The molecule has 4 N–H and O–H groups in total. The summed E-state index contributed by atoms with van der Waals surface area (Å²) in [6, 6.07) is -0.405. The Labute approximate surface area is 108 Å². The monoisotopic (exact) mass is 283 g/mol. The number of nitrogens with two attached hydrogens (primary N) is 1. The molecule has 8 nitrogen and oxygen atoms in total. The lowest BCUT2D eigenvalue weighted by atomic mass is 10.2. The van der Waals surface area contributed by atoms with Gasteiger partial charge in [-0.25, -0.2) is 15.0 Å². The third kappa shape index (κ3) is 1.92. The van der Waals surface area contributed by atoms with E-state index in [0.717, 1.165) is 0 Å². The molecule has 2 aromatic heterocycles. The number of hydrogen-bond donors (Lipinski definition) is 3. The van der Waals surface area contributed by atoms with Gasteiger partial charge in [0, 0.05) is 12.3 Å². The molecule has 3 atom stereocenters. The zero-order valence-corrected chi connectivity index (χ0v) is 10.9. The summed E-state index contributed by atoms with van der Waals surface area (Å²) in [5, 5.41) is 19.2. The number of aromatic nitrogens is 4. The van der Waals surface area contributed by atoms with E-state index < -0.39 is 19.3 Å². The SMILES string of the molecule is Nc1ncnc2c1ncn2[C@@H]1C[P@](=O)(CO)C[C@H]1O. The highest BCUT2D eigenvalue weighted by atomic mass is 31.2. The van der Waals surface area contributed by atoms with Gasteiger partial charge in [0.15, 0.2) is 11.5 Å². The quantitative estimate of drug-likeness (QED) is 0.642. The van der Waals surface area contributed by atoms with Crippen LogP contribution in [0.15, 0.2) is 12.7 Å². The van der Waals surface area contributed by atoms with Crippen molar-refractivity contribution in [1.29, 1.82) is 0 Å². The summed E-state index contributed by atoms with van der Waals surface area (Å²) >= 11 is 0. The third-order valence-electron chi connectivity index (χ3n) is 3.49. The third-order valence-corrected chi connectivity index (χ3v) is 6.08. The molecule has 3 rings (SSSR count). The number of fused-ring (bicyclic) bond motifs is 1. The molecule has 102 valence electrons. The Morgan fingerprint density at radius 3 is 2.89 bits per heavy atom. The second kappa shape index (κ2) is 4.26. The molecule has 0 saturated carbocycles. The summed E-state index contributed by atoms with van der Waals surface area (Å²) in [4.78, 5) is 12.1. The molecule has 0 unspecified atom stereocenters. The van der Waals surface area contributed by atoms with Crippen molar-refractivity contribution in [2.45, 2.75) is 12.1 Å². The van der Waals surface area contributed by atoms with Crippen molar-refractivity contribution in [3.8, 4) is 0 Å². The molecule has 1 aliphatic heterocycles. The topological polar surface area (TPSA) is 127 Å². The van der Waals surface area contributed by atoms with Gasteiger partial charge in [0.2, 0.25) is 0 Å². The van der Waals surface area contributed by atoms with Crippen molar-refractivity contribution in [1.82, 2.24) is 19.5 Å². The Balaban J connectivity index is 2.06. The number of rotatable bonds is 2. The summed E-state index contributed by atoms with van der Waals surface area (Å²) in [6.07, 6.45) is 2.02. The van der Waals surface area contributed by atoms with Crippen molar-refractivity contribution in [2.24, 2.45) is 0 Å². The molecule has 1 aliphatic rings. The highest BCUT2D eigenvalue weighted by Gasteiger charge is 2.42. The number of anilines is 1.